The molecule has 0 saturated heterocycles. The summed E-state index contributed by atoms with van der Waals surface area (Å²) in [6.07, 6.45) is 3.91. The summed E-state index contributed by atoms with van der Waals surface area (Å²) in [6, 6.07) is 7.95. The van der Waals surface area contributed by atoms with Gasteiger partial charge >= 0.3 is 0 Å². The minimum Gasteiger partial charge on any atom is -0.488 e. The SMILES string of the molecule is Cc1ccc(OCC2(C)OCC=CCO2)cc1. The number of hydrogen-bond acceptors (Lipinski definition) is 3. The molecule has 0 saturated carbocycles. The third-order valence-corrected chi connectivity index (χ3v) is 2.66. The molecule has 1 aromatic carbocycles. The molecule has 0 N–H and O–H groups in total. The van der Waals surface area contributed by atoms with Gasteiger partial charge in [0.1, 0.15) is 12.4 Å². The van der Waals surface area contributed by atoms with Crippen molar-refractivity contribution in [2.75, 3.05) is 19.8 Å². The van der Waals surface area contributed by atoms with E-state index in [1.54, 1.807) is 0 Å². The lowest BCUT2D eigenvalue weighted by Crippen LogP contribution is -2.38. The van der Waals surface area contributed by atoms with E-state index in [1.165, 1.54) is 5.56 Å². The van der Waals surface area contributed by atoms with Crippen molar-refractivity contribution in [1.29, 1.82) is 0 Å². The van der Waals surface area contributed by atoms with Gasteiger partial charge in [-0.3, -0.25) is 0 Å². The van der Waals surface area contributed by atoms with Crippen LogP contribution in [0.3, 0.4) is 0 Å². The van der Waals surface area contributed by atoms with Crippen LogP contribution in [0.2, 0.25) is 0 Å². The molecule has 1 aliphatic heterocycles. The Bertz CT molecular complexity index is 371. The van der Waals surface area contributed by atoms with Crippen molar-refractivity contribution < 1.29 is 14.2 Å². The highest BCUT2D eigenvalue weighted by atomic mass is 16.7. The van der Waals surface area contributed by atoms with Crippen molar-refractivity contribution in [3.63, 3.8) is 0 Å². The Balaban J connectivity index is 1.90. The molecule has 1 aromatic rings. The van der Waals surface area contributed by atoms with Crippen LogP contribution in [0, 0.1) is 6.92 Å². The Labute approximate surface area is 102 Å². The molecule has 0 aliphatic carbocycles. The van der Waals surface area contributed by atoms with Gasteiger partial charge in [-0.1, -0.05) is 29.8 Å². The smallest absolute Gasteiger partial charge is 0.200 e. The summed E-state index contributed by atoms with van der Waals surface area (Å²) >= 11 is 0. The summed E-state index contributed by atoms with van der Waals surface area (Å²) in [5.41, 5.74) is 1.22. The van der Waals surface area contributed by atoms with Gasteiger partial charge in [-0.15, -0.1) is 0 Å². The normalized spacial score (nSPS) is 18.7. The summed E-state index contributed by atoms with van der Waals surface area (Å²) in [7, 11) is 0. The molecular formula is C14H18O3. The van der Waals surface area contributed by atoms with Crippen LogP contribution in [-0.4, -0.2) is 25.6 Å². The van der Waals surface area contributed by atoms with Crippen molar-refractivity contribution in [2.24, 2.45) is 0 Å². The molecule has 0 unspecified atom stereocenters. The molecule has 0 radical (unpaired) electrons. The van der Waals surface area contributed by atoms with Gasteiger partial charge in [-0.2, -0.15) is 0 Å². The highest BCUT2D eigenvalue weighted by Gasteiger charge is 2.27. The Morgan fingerprint density at radius 3 is 2.29 bits per heavy atom. The Kier molecular flexibility index (Phi) is 3.82. The van der Waals surface area contributed by atoms with Crippen molar-refractivity contribution in [1.82, 2.24) is 0 Å². The van der Waals surface area contributed by atoms with E-state index in [1.807, 2.05) is 50.3 Å². The van der Waals surface area contributed by atoms with Crippen LogP contribution < -0.4 is 4.74 Å². The van der Waals surface area contributed by atoms with Gasteiger partial charge in [0, 0.05) is 0 Å². The average Bonchev–Trinajstić information content (AvgIpc) is 2.54. The molecule has 0 spiro atoms. The summed E-state index contributed by atoms with van der Waals surface area (Å²) < 4.78 is 16.9. The predicted octanol–water partition coefficient (Wildman–Crippen LogP) is 2.69. The molecule has 17 heavy (non-hydrogen) atoms. The van der Waals surface area contributed by atoms with E-state index in [2.05, 4.69) is 0 Å². The lowest BCUT2D eigenvalue weighted by molar-refractivity contribution is -0.224. The maximum atomic E-state index is 5.68. The Morgan fingerprint density at radius 1 is 1.12 bits per heavy atom. The number of aryl methyl sites for hydroxylation is 1. The largest absolute Gasteiger partial charge is 0.488 e. The topological polar surface area (TPSA) is 27.7 Å². The van der Waals surface area contributed by atoms with Gasteiger partial charge in [0.2, 0.25) is 5.79 Å². The van der Waals surface area contributed by atoms with Gasteiger partial charge in [0.15, 0.2) is 0 Å². The second kappa shape index (κ2) is 5.34. The molecule has 1 aliphatic rings. The zero-order valence-electron chi connectivity index (χ0n) is 10.3. The Morgan fingerprint density at radius 2 is 1.71 bits per heavy atom. The lowest BCUT2D eigenvalue weighted by Gasteiger charge is -2.27. The predicted molar refractivity (Wildman–Crippen MR) is 66.1 cm³/mol. The second-order valence-corrected chi connectivity index (χ2v) is 4.33. The third-order valence-electron chi connectivity index (χ3n) is 2.66. The van der Waals surface area contributed by atoms with Crippen molar-refractivity contribution in [3.05, 3.63) is 42.0 Å². The first-order chi connectivity index (χ1) is 8.18. The van der Waals surface area contributed by atoms with E-state index in [4.69, 9.17) is 14.2 Å². The number of rotatable bonds is 3. The molecule has 2 rings (SSSR count). The molecule has 0 amide bonds. The fraction of sp³-hybridized carbons (Fsp3) is 0.429. The van der Waals surface area contributed by atoms with E-state index < -0.39 is 5.79 Å². The monoisotopic (exact) mass is 234 g/mol. The lowest BCUT2D eigenvalue weighted by atomic mass is 10.2. The number of hydrogen-bond donors (Lipinski definition) is 0. The van der Waals surface area contributed by atoms with Crippen LogP contribution in [0.25, 0.3) is 0 Å². The van der Waals surface area contributed by atoms with Crippen LogP contribution in [0.1, 0.15) is 12.5 Å². The third kappa shape index (κ3) is 3.58. The maximum absolute atomic E-state index is 5.68. The highest BCUT2D eigenvalue weighted by molar-refractivity contribution is 5.26. The highest BCUT2D eigenvalue weighted by Crippen LogP contribution is 2.19. The van der Waals surface area contributed by atoms with E-state index in [9.17, 15) is 0 Å². The van der Waals surface area contributed by atoms with Gasteiger partial charge < -0.3 is 14.2 Å². The van der Waals surface area contributed by atoms with Crippen molar-refractivity contribution in [2.45, 2.75) is 19.6 Å². The van der Waals surface area contributed by atoms with Crippen LogP contribution in [-0.2, 0) is 9.47 Å². The minimum atomic E-state index is -0.672. The van der Waals surface area contributed by atoms with Gasteiger partial charge in [0.25, 0.3) is 0 Å². The van der Waals surface area contributed by atoms with E-state index >= 15 is 0 Å². The molecule has 92 valence electrons. The first-order valence-corrected chi connectivity index (χ1v) is 5.80. The van der Waals surface area contributed by atoms with E-state index in [0.29, 0.717) is 19.8 Å². The van der Waals surface area contributed by atoms with Gasteiger partial charge in [0.05, 0.1) is 13.2 Å². The van der Waals surface area contributed by atoms with Gasteiger partial charge in [-0.05, 0) is 26.0 Å². The molecule has 3 nitrogen and oxygen atoms in total. The molecule has 0 fully saturated rings. The summed E-state index contributed by atoms with van der Waals surface area (Å²) in [4.78, 5) is 0. The zero-order valence-corrected chi connectivity index (χ0v) is 10.3. The second-order valence-electron chi connectivity index (χ2n) is 4.33. The first kappa shape index (κ1) is 12.1. The van der Waals surface area contributed by atoms with Crippen molar-refractivity contribution in [3.8, 4) is 5.75 Å². The molecular weight excluding hydrogens is 216 g/mol. The van der Waals surface area contributed by atoms with Crippen LogP contribution in [0.5, 0.6) is 5.75 Å². The van der Waals surface area contributed by atoms with E-state index in [0.717, 1.165) is 5.75 Å². The fourth-order valence-electron chi connectivity index (χ4n) is 1.56. The van der Waals surface area contributed by atoms with E-state index in [-0.39, 0.29) is 0 Å². The quantitative estimate of drug-likeness (QED) is 0.753. The van der Waals surface area contributed by atoms with Crippen LogP contribution in [0.15, 0.2) is 36.4 Å². The fourth-order valence-corrected chi connectivity index (χ4v) is 1.56. The molecule has 0 bridgehead atoms. The Hall–Kier alpha value is -1.32. The summed E-state index contributed by atoms with van der Waals surface area (Å²) in [5.74, 6) is 0.162. The average molecular weight is 234 g/mol. The molecule has 3 heteroatoms. The van der Waals surface area contributed by atoms with Gasteiger partial charge in [-0.25, -0.2) is 0 Å². The summed E-state index contributed by atoms with van der Waals surface area (Å²) in [5, 5.41) is 0. The zero-order chi connectivity index (χ0) is 12.1. The number of benzene rings is 1. The molecule has 0 atom stereocenters. The summed E-state index contributed by atoms with van der Waals surface area (Å²) in [6.45, 7) is 5.46. The number of ether oxygens (including phenoxy) is 3. The molecule has 1 heterocycles. The first-order valence-electron chi connectivity index (χ1n) is 5.80. The molecule has 0 aromatic heterocycles. The maximum Gasteiger partial charge on any atom is 0.200 e. The van der Waals surface area contributed by atoms with Crippen LogP contribution >= 0.6 is 0 Å². The van der Waals surface area contributed by atoms with Crippen LogP contribution in [0.4, 0.5) is 0 Å². The standard InChI is InChI=1S/C14H18O3/c1-12-5-7-13(8-6-12)15-11-14(2)16-9-3-4-10-17-14/h3-8H,9-11H2,1-2H3. The van der Waals surface area contributed by atoms with Crippen molar-refractivity contribution >= 4 is 0 Å². The minimum absolute atomic E-state index is 0.387.